The largest absolute Gasteiger partial charge is 0.313 e. The van der Waals surface area contributed by atoms with Crippen LogP contribution in [0.15, 0.2) is 47.9 Å². The molecule has 25 heavy (non-hydrogen) atoms. The molecule has 4 rings (SSSR count). The number of anilines is 1. The summed E-state index contributed by atoms with van der Waals surface area (Å²) in [5, 5.41) is 0.719. The second-order valence-electron chi connectivity index (χ2n) is 6.58. The Balaban J connectivity index is 1.81. The van der Waals surface area contributed by atoms with Gasteiger partial charge in [0.1, 0.15) is 11.5 Å². The van der Waals surface area contributed by atoms with E-state index >= 15 is 0 Å². The predicted octanol–water partition coefficient (Wildman–Crippen LogP) is 4.36. The van der Waals surface area contributed by atoms with Crippen LogP contribution >= 0.6 is 11.6 Å². The van der Waals surface area contributed by atoms with E-state index in [1.165, 1.54) is 32.1 Å². The van der Waals surface area contributed by atoms with Crippen molar-refractivity contribution >= 4 is 23.6 Å². The third-order valence-corrected chi connectivity index (χ3v) is 5.21. The second-order valence-corrected chi connectivity index (χ2v) is 7.02. The topological polar surface area (TPSA) is 59.4 Å². The van der Waals surface area contributed by atoms with Crippen molar-refractivity contribution in [3.8, 4) is 11.3 Å². The van der Waals surface area contributed by atoms with Crippen molar-refractivity contribution in [3.05, 3.63) is 47.9 Å². The molecule has 1 unspecified atom stereocenters. The maximum atomic E-state index is 6.25. The fourth-order valence-corrected chi connectivity index (χ4v) is 3.80. The number of hydrogen-bond donors (Lipinski definition) is 1. The van der Waals surface area contributed by atoms with E-state index < -0.39 is 6.29 Å². The van der Waals surface area contributed by atoms with Gasteiger partial charge < -0.3 is 4.57 Å². The fraction of sp³-hybridized carbons (Fsp3) is 0.368. The van der Waals surface area contributed by atoms with Gasteiger partial charge in [0.2, 0.25) is 0 Å². The molecule has 0 bridgehead atoms. The first-order valence-corrected chi connectivity index (χ1v) is 9.18. The number of rotatable bonds is 3. The first-order chi connectivity index (χ1) is 12.2. The number of hydrogen-bond acceptors (Lipinski definition) is 4. The van der Waals surface area contributed by atoms with E-state index in [2.05, 4.69) is 9.56 Å². The number of aromatic nitrogens is 2. The van der Waals surface area contributed by atoms with Gasteiger partial charge in [0.15, 0.2) is 6.29 Å². The van der Waals surface area contributed by atoms with Crippen molar-refractivity contribution in [2.45, 2.75) is 44.4 Å². The van der Waals surface area contributed by atoms with E-state index in [-0.39, 0.29) is 0 Å². The minimum atomic E-state index is -0.435. The highest BCUT2D eigenvalue weighted by atomic mass is 35.5. The lowest BCUT2D eigenvalue weighted by Crippen LogP contribution is -2.40. The quantitative estimate of drug-likeness (QED) is 0.890. The molecule has 0 amide bonds. The first kappa shape index (κ1) is 16.4. The summed E-state index contributed by atoms with van der Waals surface area (Å²) in [6.07, 6.45) is 13.4. The zero-order valence-electron chi connectivity index (χ0n) is 14.1. The van der Waals surface area contributed by atoms with Crippen LogP contribution in [-0.4, -0.2) is 22.1 Å². The highest BCUT2D eigenvalue weighted by molar-refractivity contribution is 6.30. The van der Waals surface area contributed by atoms with E-state index in [0.717, 1.165) is 22.1 Å². The summed E-state index contributed by atoms with van der Waals surface area (Å²) < 4.78 is 2.29. The van der Waals surface area contributed by atoms with Gasteiger partial charge in [-0.25, -0.2) is 4.98 Å². The average Bonchev–Trinajstić information content (AvgIpc) is 3.08. The molecule has 6 heteroatoms. The number of allylic oxidation sites excluding steroid dienone is 1. The molecule has 1 aliphatic carbocycles. The highest BCUT2D eigenvalue weighted by Gasteiger charge is 2.27. The van der Waals surface area contributed by atoms with Crippen LogP contribution in [0.1, 0.15) is 38.1 Å². The monoisotopic (exact) mass is 355 g/mol. The Morgan fingerprint density at radius 2 is 1.84 bits per heavy atom. The van der Waals surface area contributed by atoms with Crippen LogP contribution < -0.4 is 10.6 Å². The number of nitrogens with zero attached hydrogens (tertiary/aromatic N) is 4. The number of nitrogens with two attached hydrogens (primary N) is 1. The first-order valence-electron chi connectivity index (χ1n) is 8.81. The number of aliphatic imine (C=N–C) groups is 1. The molecule has 2 heterocycles. The summed E-state index contributed by atoms with van der Waals surface area (Å²) in [5.41, 5.74) is 8.20. The maximum absolute atomic E-state index is 6.25. The molecule has 1 fully saturated rings. The number of imidazole rings is 1. The van der Waals surface area contributed by atoms with Crippen molar-refractivity contribution in [2.75, 3.05) is 4.90 Å². The van der Waals surface area contributed by atoms with Gasteiger partial charge in [-0.05, 0) is 31.1 Å². The summed E-state index contributed by atoms with van der Waals surface area (Å²) in [4.78, 5) is 11.1. The molecule has 0 radical (unpaired) electrons. The SMILES string of the molecule is NC1N=CC=CN1c1c(-c2ccc(Cl)cc2)ncn1C1CCCCC1. The molecule has 1 saturated carbocycles. The van der Waals surface area contributed by atoms with Crippen LogP contribution in [0.4, 0.5) is 5.82 Å². The molecule has 5 nitrogen and oxygen atoms in total. The van der Waals surface area contributed by atoms with Crippen LogP contribution in [0.2, 0.25) is 5.02 Å². The van der Waals surface area contributed by atoms with Gasteiger partial charge in [-0.2, -0.15) is 0 Å². The minimum absolute atomic E-state index is 0.435. The number of halogens is 1. The van der Waals surface area contributed by atoms with Gasteiger partial charge in [0.05, 0.1) is 6.33 Å². The van der Waals surface area contributed by atoms with E-state index in [1.54, 1.807) is 6.21 Å². The Morgan fingerprint density at radius 3 is 2.56 bits per heavy atom. The van der Waals surface area contributed by atoms with Crippen LogP contribution in [0, 0.1) is 0 Å². The van der Waals surface area contributed by atoms with Gasteiger partial charge in [0.25, 0.3) is 0 Å². The Morgan fingerprint density at radius 1 is 1.08 bits per heavy atom. The maximum Gasteiger partial charge on any atom is 0.178 e. The molecule has 2 N–H and O–H groups in total. The molecular weight excluding hydrogens is 334 g/mol. The van der Waals surface area contributed by atoms with Gasteiger partial charge in [-0.15, -0.1) is 0 Å². The van der Waals surface area contributed by atoms with Crippen molar-refractivity contribution in [1.29, 1.82) is 0 Å². The van der Waals surface area contributed by atoms with E-state index in [1.807, 2.05) is 47.8 Å². The van der Waals surface area contributed by atoms with E-state index in [4.69, 9.17) is 22.3 Å². The molecule has 1 atom stereocenters. The molecule has 1 aromatic carbocycles. The van der Waals surface area contributed by atoms with Gasteiger partial charge in [-0.3, -0.25) is 15.6 Å². The summed E-state index contributed by atoms with van der Waals surface area (Å²) in [7, 11) is 0. The third kappa shape index (κ3) is 3.22. The molecule has 0 spiro atoms. The molecule has 2 aliphatic rings. The average molecular weight is 356 g/mol. The molecular formula is C19H22ClN5. The molecule has 1 aromatic heterocycles. The minimum Gasteiger partial charge on any atom is -0.313 e. The summed E-state index contributed by atoms with van der Waals surface area (Å²) in [6, 6.07) is 8.25. The normalized spacial score (nSPS) is 21.0. The Hall–Kier alpha value is -2.11. The molecule has 2 aromatic rings. The van der Waals surface area contributed by atoms with Crippen molar-refractivity contribution in [1.82, 2.24) is 9.55 Å². The number of benzene rings is 1. The van der Waals surface area contributed by atoms with Crippen LogP contribution in [0.3, 0.4) is 0 Å². The fourth-order valence-electron chi connectivity index (χ4n) is 3.67. The predicted molar refractivity (Wildman–Crippen MR) is 103 cm³/mol. The van der Waals surface area contributed by atoms with Gasteiger partial charge in [0, 0.05) is 29.0 Å². The van der Waals surface area contributed by atoms with Gasteiger partial charge in [-0.1, -0.05) is 43.0 Å². The summed E-state index contributed by atoms with van der Waals surface area (Å²) in [5.74, 6) is 1.01. The van der Waals surface area contributed by atoms with Crippen molar-refractivity contribution in [3.63, 3.8) is 0 Å². The lowest BCUT2D eigenvalue weighted by Gasteiger charge is -2.32. The smallest absolute Gasteiger partial charge is 0.178 e. The lowest BCUT2D eigenvalue weighted by molar-refractivity contribution is 0.353. The molecule has 130 valence electrons. The molecule has 1 aliphatic heterocycles. The van der Waals surface area contributed by atoms with Crippen molar-refractivity contribution in [2.24, 2.45) is 10.7 Å². The highest BCUT2D eigenvalue weighted by Crippen LogP contribution is 2.38. The second kappa shape index (κ2) is 7.02. The van der Waals surface area contributed by atoms with Gasteiger partial charge >= 0.3 is 0 Å². The van der Waals surface area contributed by atoms with Crippen LogP contribution in [0.5, 0.6) is 0 Å². The molecule has 0 saturated heterocycles. The Labute approximate surface area is 152 Å². The summed E-state index contributed by atoms with van der Waals surface area (Å²) >= 11 is 6.05. The third-order valence-electron chi connectivity index (χ3n) is 4.95. The van der Waals surface area contributed by atoms with E-state index in [9.17, 15) is 0 Å². The van der Waals surface area contributed by atoms with Crippen LogP contribution in [0.25, 0.3) is 11.3 Å². The zero-order valence-corrected chi connectivity index (χ0v) is 14.8. The summed E-state index contributed by atoms with van der Waals surface area (Å²) in [6.45, 7) is 0. The van der Waals surface area contributed by atoms with Crippen LogP contribution in [-0.2, 0) is 0 Å². The van der Waals surface area contributed by atoms with Crippen molar-refractivity contribution < 1.29 is 0 Å². The zero-order chi connectivity index (χ0) is 17.2. The van der Waals surface area contributed by atoms with E-state index in [0.29, 0.717) is 6.04 Å². The standard InChI is InChI=1S/C19H22ClN5/c20-15-9-7-14(8-10-15)17-18(24-12-4-11-22-19(24)21)25(13-23-17)16-5-2-1-3-6-16/h4,7-13,16,19H,1-3,5-6,21H2. The lowest BCUT2D eigenvalue weighted by atomic mass is 9.95. The Bertz CT molecular complexity index is 787. The Kier molecular flexibility index (Phi) is 4.59.